The lowest BCUT2D eigenvalue weighted by atomic mass is 10.2. The zero-order chi connectivity index (χ0) is 11.4. The minimum atomic E-state index is 0.337. The van der Waals surface area contributed by atoms with Crippen LogP contribution in [-0.4, -0.2) is 13.3 Å². The number of hydrogen-bond acceptors (Lipinski definition) is 3. The van der Waals surface area contributed by atoms with Crippen LogP contribution in [0.1, 0.15) is 19.4 Å². The van der Waals surface area contributed by atoms with Crippen LogP contribution in [0.25, 0.3) is 0 Å². The van der Waals surface area contributed by atoms with Crippen LogP contribution in [0.2, 0.25) is 0 Å². The largest absolute Gasteiger partial charge is 0.454 e. The number of hydrogen-bond donors (Lipinski definition) is 1. The summed E-state index contributed by atoms with van der Waals surface area (Å²) in [6.45, 7) is 6.28. The molecule has 86 valence electrons. The molecule has 0 saturated carbocycles. The highest BCUT2D eigenvalue weighted by atomic mass is 16.7. The van der Waals surface area contributed by atoms with E-state index in [4.69, 9.17) is 9.47 Å². The summed E-state index contributed by atoms with van der Waals surface area (Å²) in [5.41, 5.74) is 2.55. The van der Waals surface area contributed by atoms with Gasteiger partial charge in [0.05, 0.1) is 0 Å². The molecule has 2 rings (SSSR count). The third-order valence-electron chi connectivity index (χ3n) is 2.42. The molecule has 3 heteroatoms. The quantitative estimate of drug-likeness (QED) is 0.623. The summed E-state index contributed by atoms with van der Waals surface area (Å²) in [7, 11) is 0. The van der Waals surface area contributed by atoms with Crippen molar-refractivity contribution < 1.29 is 9.47 Å². The lowest BCUT2D eigenvalue weighted by molar-refractivity contribution is 0.174. The highest BCUT2D eigenvalue weighted by Gasteiger charge is 2.12. The molecule has 0 amide bonds. The Morgan fingerprint density at radius 2 is 2.12 bits per heavy atom. The van der Waals surface area contributed by atoms with Crippen molar-refractivity contribution in [2.24, 2.45) is 0 Å². The Morgan fingerprint density at radius 1 is 1.31 bits per heavy atom. The third kappa shape index (κ3) is 2.76. The van der Waals surface area contributed by atoms with Crippen LogP contribution in [0.3, 0.4) is 0 Å². The maximum absolute atomic E-state index is 5.32. The van der Waals surface area contributed by atoms with Crippen LogP contribution in [-0.2, 0) is 6.54 Å². The van der Waals surface area contributed by atoms with Gasteiger partial charge in [-0.15, -0.1) is 0 Å². The van der Waals surface area contributed by atoms with E-state index in [1.807, 2.05) is 12.1 Å². The van der Waals surface area contributed by atoms with Gasteiger partial charge in [0.2, 0.25) is 6.79 Å². The molecule has 0 spiro atoms. The first-order valence-electron chi connectivity index (χ1n) is 5.48. The Balaban J connectivity index is 1.88. The Hall–Kier alpha value is -1.48. The van der Waals surface area contributed by atoms with Gasteiger partial charge in [0.15, 0.2) is 11.5 Å². The first-order chi connectivity index (χ1) is 7.75. The summed E-state index contributed by atoms with van der Waals surface area (Å²) in [6, 6.07) is 6.04. The standard InChI is InChI=1S/C13H17NO2/c1-10(2)5-6-14-8-11-3-4-12-13(7-11)16-9-15-12/h3-5,7,14H,6,8-9H2,1-2H3. The molecule has 1 aromatic rings. The van der Waals surface area contributed by atoms with Crippen molar-refractivity contribution >= 4 is 0 Å². The first-order valence-corrected chi connectivity index (χ1v) is 5.48. The molecule has 0 aromatic heterocycles. The van der Waals surface area contributed by atoms with Gasteiger partial charge in [-0.2, -0.15) is 0 Å². The fourth-order valence-electron chi connectivity index (χ4n) is 1.54. The zero-order valence-corrected chi connectivity index (χ0v) is 9.75. The summed E-state index contributed by atoms with van der Waals surface area (Å²) in [5.74, 6) is 1.69. The van der Waals surface area contributed by atoms with Crippen molar-refractivity contribution in [1.29, 1.82) is 0 Å². The molecule has 0 unspecified atom stereocenters. The minimum Gasteiger partial charge on any atom is -0.454 e. The number of allylic oxidation sites excluding steroid dienone is 1. The van der Waals surface area contributed by atoms with E-state index in [2.05, 4.69) is 31.3 Å². The molecule has 1 aromatic carbocycles. The first kappa shape index (κ1) is 11.0. The summed E-state index contributed by atoms with van der Waals surface area (Å²) in [4.78, 5) is 0. The van der Waals surface area contributed by atoms with Crippen LogP contribution in [0.4, 0.5) is 0 Å². The monoisotopic (exact) mass is 219 g/mol. The van der Waals surface area contributed by atoms with Gasteiger partial charge in [-0.3, -0.25) is 0 Å². The van der Waals surface area contributed by atoms with Crippen molar-refractivity contribution in [2.75, 3.05) is 13.3 Å². The van der Waals surface area contributed by atoms with Crippen molar-refractivity contribution in [3.63, 3.8) is 0 Å². The summed E-state index contributed by atoms with van der Waals surface area (Å²) in [5, 5.41) is 3.35. The highest BCUT2D eigenvalue weighted by Crippen LogP contribution is 2.32. The molecule has 0 fully saturated rings. The molecule has 0 radical (unpaired) electrons. The Labute approximate surface area is 96.1 Å². The molecule has 1 aliphatic heterocycles. The smallest absolute Gasteiger partial charge is 0.231 e. The molecule has 1 heterocycles. The average Bonchev–Trinajstić information content (AvgIpc) is 2.71. The van der Waals surface area contributed by atoms with Gasteiger partial charge in [-0.05, 0) is 31.5 Å². The predicted molar refractivity (Wildman–Crippen MR) is 63.7 cm³/mol. The lowest BCUT2D eigenvalue weighted by Gasteiger charge is -2.03. The van der Waals surface area contributed by atoms with Gasteiger partial charge in [0.25, 0.3) is 0 Å². The number of nitrogens with one attached hydrogen (secondary N) is 1. The van der Waals surface area contributed by atoms with E-state index >= 15 is 0 Å². The molecule has 0 bridgehead atoms. The van der Waals surface area contributed by atoms with Crippen molar-refractivity contribution in [1.82, 2.24) is 5.32 Å². The van der Waals surface area contributed by atoms with Crippen LogP contribution in [0.5, 0.6) is 11.5 Å². The fourth-order valence-corrected chi connectivity index (χ4v) is 1.54. The van der Waals surface area contributed by atoms with Gasteiger partial charge < -0.3 is 14.8 Å². The van der Waals surface area contributed by atoms with Gasteiger partial charge in [0, 0.05) is 13.1 Å². The zero-order valence-electron chi connectivity index (χ0n) is 9.75. The van der Waals surface area contributed by atoms with E-state index in [0.29, 0.717) is 6.79 Å². The van der Waals surface area contributed by atoms with Crippen LogP contribution < -0.4 is 14.8 Å². The molecule has 0 saturated heterocycles. The average molecular weight is 219 g/mol. The maximum Gasteiger partial charge on any atom is 0.231 e. The second-order valence-corrected chi connectivity index (χ2v) is 4.10. The Kier molecular flexibility index (Phi) is 3.47. The topological polar surface area (TPSA) is 30.5 Å². The fraction of sp³-hybridized carbons (Fsp3) is 0.385. The van der Waals surface area contributed by atoms with Gasteiger partial charge in [0.1, 0.15) is 0 Å². The number of fused-ring (bicyclic) bond motifs is 1. The Morgan fingerprint density at radius 3 is 2.94 bits per heavy atom. The van der Waals surface area contributed by atoms with Crippen LogP contribution in [0, 0.1) is 0 Å². The van der Waals surface area contributed by atoms with Crippen molar-refractivity contribution in [3.05, 3.63) is 35.4 Å². The molecule has 0 atom stereocenters. The molecule has 0 aliphatic carbocycles. The molecular formula is C13H17NO2. The van der Waals surface area contributed by atoms with E-state index in [0.717, 1.165) is 24.6 Å². The highest BCUT2D eigenvalue weighted by molar-refractivity contribution is 5.44. The summed E-state index contributed by atoms with van der Waals surface area (Å²) < 4.78 is 10.6. The molecule has 1 aliphatic rings. The molecule has 1 N–H and O–H groups in total. The SMILES string of the molecule is CC(C)=CCNCc1ccc2c(c1)OCO2. The molecule has 3 nitrogen and oxygen atoms in total. The summed E-state index contributed by atoms with van der Waals surface area (Å²) in [6.07, 6.45) is 2.17. The van der Waals surface area contributed by atoms with E-state index < -0.39 is 0 Å². The van der Waals surface area contributed by atoms with Crippen LogP contribution >= 0.6 is 0 Å². The number of rotatable bonds is 4. The maximum atomic E-state index is 5.32. The number of ether oxygens (including phenoxy) is 2. The number of benzene rings is 1. The second-order valence-electron chi connectivity index (χ2n) is 4.10. The van der Waals surface area contributed by atoms with Crippen molar-refractivity contribution in [3.8, 4) is 11.5 Å². The summed E-state index contributed by atoms with van der Waals surface area (Å²) >= 11 is 0. The lowest BCUT2D eigenvalue weighted by Crippen LogP contribution is -2.12. The Bertz CT molecular complexity index is 395. The van der Waals surface area contributed by atoms with Gasteiger partial charge in [-0.25, -0.2) is 0 Å². The van der Waals surface area contributed by atoms with Gasteiger partial charge >= 0.3 is 0 Å². The predicted octanol–water partition coefficient (Wildman–Crippen LogP) is 2.47. The van der Waals surface area contributed by atoms with Crippen LogP contribution in [0.15, 0.2) is 29.8 Å². The van der Waals surface area contributed by atoms with Gasteiger partial charge in [-0.1, -0.05) is 17.7 Å². The minimum absolute atomic E-state index is 0.337. The third-order valence-corrected chi connectivity index (χ3v) is 2.42. The molecular weight excluding hydrogens is 202 g/mol. The van der Waals surface area contributed by atoms with E-state index in [9.17, 15) is 0 Å². The van der Waals surface area contributed by atoms with Crippen molar-refractivity contribution in [2.45, 2.75) is 20.4 Å². The second kappa shape index (κ2) is 5.03. The normalized spacial score (nSPS) is 12.6. The van der Waals surface area contributed by atoms with E-state index in [1.165, 1.54) is 11.1 Å². The van der Waals surface area contributed by atoms with E-state index in [-0.39, 0.29) is 0 Å². The molecule has 16 heavy (non-hydrogen) atoms. The van der Waals surface area contributed by atoms with E-state index in [1.54, 1.807) is 0 Å².